The van der Waals surface area contributed by atoms with E-state index in [0.717, 1.165) is 18.0 Å². The fraction of sp³-hybridized carbons (Fsp3) is 0.400. The fourth-order valence-electron chi connectivity index (χ4n) is 2.64. The normalized spacial score (nSPS) is 25.0. The lowest BCUT2D eigenvalue weighted by molar-refractivity contribution is 0.325. The molecule has 1 N–H and O–H groups in total. The van der Waals surface area contributed by atoms with Crippen LogP contribution < -0.4 is 5.32 Å². The number of hydrogen-bond donors (Lipinski definition) is 1. The molecule has 88 valence electrons. The summed E-state index contributed by atoms with van der Waals surface area (Å²) < 4.78 is 0. The molecule has 1 fully saturated rings. The summed E-state index contributed by atoms with van der Waals surface area (Å²) in [5.74, 6) is 0.813. The highest BCUT2D eigenvalue weighted by Crippen LogP contribution is 2.27. The van der Waals surface area contributed by atoms with E-state index in [2.05, 4.69) is 41.5 Å². The summed E-state index contributed by atoms with van der Waals surface area (Å²) in [6.45, 7) is 3.46. The van der Waals surface area contributed by atoms with Crippen molar-refractivity contribution in [3.63, 3.8) is 0 Å². The molecule has 2 atom stereocenters. The third-order valence-electron chi connectivity index (χ3n) is 3.68. The first-order chi connectivity index (χ1) is 8.33. The highest BCUT2D eigenvalue weighted by Gasteiger charge is 2.19. The Labute approximate surface area is 102 Å². The second kappa shape index (κ2) is 4.46. The first kappa shape index (κ1) is 10.7. The van der Waals surface area contributed by atoms with E-state index >= 15 is 0 Å². The standard InChI is InChI=1S/C15H18N2/c1-11-6-7-16-15(8-11)13-9-12-4-2-3-5-14(12)17-10-13/h2-5,9-11,15-16H,6-8H2,1H3. The third kappa shape index (κ3) is 2.18. The van der Waals surface area contributed by atoms with Crippen LogP contribution in [0.4, 0.5) is 0 Å². The monoisotopic (exact) mass is 226 g/mol. The van der Waals surface area contributed by atoms with Gasteiger partial charge in [0.25, 0.3) is 0 Å². The summed E-state index contributed by atoms with van der Waals surface area (Å²) in [6, 6.07) is 11.1. The van der Waals surface area contributed by atoms with Gasteiger partial charge < -0.3 is 5.32 Å². The Bertz CT molecular complexity index is 521. The fourth-order valence-corrected chi connectivity index (χ4v) is 2.64. The van der Waals surface area contributed by atoms with E-state index < -0.39 is 0 Å². The molecule has 2 unspecified atom stereocenters. The van der Waals surface area contributed by atoms with Crippen molar-refractivity contribution in [2.24, 2.45) is 5.92 Å². The van der Waals surface area contributed by atoms with Gasteiger partial charge in [-0.05, 0) is 43.0 Å². The lowest BCUT2D eigenvalue weighted by Gasteiger charge is -2.28. The number of hydrogen-bond acceptors (Lipinski definition) is 2. The van der Waals surface area contributed by atoms with Crippen molar-refractivity contribution in [2.75, 3.05) is 6.54 Å². The number of piperidine rings is 1. The summed E-state index contributed by atoms with van der Waals surface area (Å²) in [5.41, 5.74) is 2.41. The topological polar surface area (TPSA) is 24.9 Å². The molecule has 3 rings (SSSR count). The van der Waals surface area contributed by atoms with Crippen molar-refractivity contribution < 1.29 is 0 Å². The first-order valence-electron chi connectivity index (χ1n) is 6.41. The van der Waals surface area contributed by atoms with Gasteiger partial charge in [-0.15, -0.1) is 0 Å². The molecule has 0 amide bonds. The number of pyridine rings is 1. The molecule has 1 aliphatic rings. The van der Waals surface area contributed by atoms with Crippen molar-refractivity contribution in [3.05, 3.63) is 42.1 Å². The zero-order valence-corrected chi connectivity index (χ0v) is 10.2. The van der Waals surface area contributed by atoms with E-state index in [1.165, 1.54) is 23.8 Å². The van der Waals surface area contributed by atoms with Crippen molar-refractivity contribution >= 4 is 10.9 Å². The predicted octanol–water partition coefficient (Wildman–Crippen LogP) is 3.30. The minimum atomic E-state index is 0.482. The van der Waals surface area contributed by atoms with Crippen molar-refractivity contribution in [2.45, 2.75) is 25.8 Å². The first-order valence-corrected chi connectivity index (χ1v) is 6.41. The molecule has 1 aromatic heterocycles. The smallest absolute Gasteiger partial charge is 0.0702 e. The van der Waals surface area contributed by atoms with Gasteiger partial charge >= 0.3 is 0 Å². The molecule has 1 saturated heterocycles. The molecule has 1 aliphatic heterocycles. The largest absolute Gasteiger partial charge is 0.310 e. The van der Waals surface area contributed by atoms with Crippen LogP contribution in [0.3, 0.4) is 0 Å². The zero-order chi connectivity index (χ0) is 11.7. The summed E-state index contributed by atoms with van der Waals surface area (Å²) >= 11 is 0. The van der Waals surface area contributed by atoms with E-state index in [1.807, 2.05) is 12.3 Å². The van der Waals surface area contributed by atoms with Crippen molar-refractivity contribution in [1.29, 1.82) is 0 Å². The van der Waals surface area contributed by atoms with Crippen LogP contribution >= 0.6 is 0 Å². The lowest BCUT2D eigenvalue weighted by Crippen LogP contribution is -2.30. The van der Waals surface area contributed by atoms with Gasteiger partial charge in [-0.3, -0.25) is 4.98 Å². The Kier molecular flexibility index (Phi) is 2.81. The number of rotatable bonds is 1. The van der Waals surface area contributed by atoms with Crippen LogP contribution in [0.2, 0.25) is 0 Å². The van der Waals surface area contributed by atoms with E-state index in [9.17, 15) is 0 Å². The van der Waals surface area contributed by atoms with Gasteiger partial charge in [-0.25, -0.2) is 0 Å². The highest BCUT2D eigenvalue weighted by atomic mass is 14.9. The van der Waals surface area contributed by atoms with Crippen LogP contribution in [0.25, 0.3) is 10.9 Å². The highest BCUT2D eigenvalue weighted by molar-refractivity contribution is 5.78. The number of nitrogens with one attached hydrogen (secondary N) is 1. The van der Waals surface area contributed by atoms with Crippen LogP contribution in [0, 0.1) is 5.92 Å². The molecule has 2 heterocycles. The molecule has 2 nitrogen and oxygen atoms in total. The number of aromatic nitrogens is 1. The number of fused-ring (bicyclic) bond motifs is 1. The van der Waals surface area contributed by atoms with Gasteiger partial charge in [-0.2, -0.15) is 0 Å². The van der Waals surface area contributed by atoms with Gasteiger partial charge in [0.2, 0.25) is 0 Å². The Balaban J connectivity index is 1.94. The molecule has 0 aliphatic carbocycles. The lowest BCUT2D eigenvalue weighted by atomic mass is 9.90. The summed E-state index contributed by atoms with van der Waals surface area (Å²) in [5, 5.41) is 4.83. The van der Waals surface area contributed by atoms with Gasteiger partial charge in [0.15, 0.2) is 0 Å². The van der Waals surface area contributed by atoms with Crippen LogP contribution in [-0.2, 0) is 0 Å². The maximum Gasteiger partial charge on any atom is 0.0702 e. The van der Waals surface area contributed by atoms with Crippen molar-refractivity contribution in [1.82, 2.24) is 10.3 Å². The SMILES string of the molecule is CC1CCNC(c2cnc3ccccc3c2)C1. The number of para-hydroxylation sites is 1. The van der Waals surface area contributed by atoms with Gasteiger partial charge in [0.05, 0.1) is 5.52 Å². The average Bonchev–Trinajstić information content (AvgIpc) is 2.38. The summed E-state index contributed by atoms with van der Waals surface area (Å²) in [6.07, 6.45) is 4.54. The second-order valence-corrected chi connectivity index (χ2v) is 5.10. The maximum atomic E-state index is 4.54. The van der Waals surface area contributed by atoms with Crippen molar-refractivity contribution in [3.8, 4) is 0 Å². The Morgan fingerprint density at radius 3 is 3.06 bits per heavy atom. The number of benzene rings is 1. The zero-order valence-electron chi connectivity index (χ0n) is 10.2. The minimum absolute atomic E-state index is 0.482. The third-order valence-corrected chi connectivity index (χ3v) is 3.68. The molecule has 2 heteroatoms. The summed E-state index contributed by atoms with van der Waals surface area (Å²) in [4.78, 5) is 4.54. The van der Waals surface area contributed by atoms with Gasteiger partial charge in [0.1, 0.15) is 0 Å². The van der Waals surface area contributed by atoms with Crippen LogP contribution in [0.5, 0.6) is 0 Å². The molecule has 17 heavy (non-hydrogen) atoms. The molecular formula is C15H18N2. The predicted molar refractivity (Wildman–Crippen MR) is 70.9 cm³/mol. The molecule has 0 radical (unpaired) electrons. The molecule has 0 spiro atoms. The number of nitrogens with zero attached hydrogens (tertiary/aromatic N) is 1. The Morgan fingerprint density at radius 1 is 1.29 bits per heavy atom. The van der Waals surface area contributed by atoms with E-state index in [0.29, 0.717) is 6.04 Å². The quantitative estimate of drug-likeness (QED) is 0.807. The average molecular weight is 226 g/mol. The van der Waals surface area contributed by atoms with Crippen LogP contribution in [0.15, 0.2) is 36.5 Å². The summed E-state index contributed by atoms with van der Waals surface area (Å²) in [7, 11) is 0. The maximum absolute atomic E-state index is 4.54. The minimum Gasteiger partial charge on any atom is -0.310 e. The molecule has 0 saturated carbocycles. The van der Waals surface area contributed by atoms with Gasteiger partial charge in [0, 0.05) is 17.6 Å². The Morgan fingerprint density at radius 2 is 2.18 bits per heavy atom. The van der Waals surface area contributed by atoms with E-state index in [1.54, 1.807) is 0 Å². The molecule has 1 aromatic carbocycles. The van der Waals surface area contributed by atoms with Gasteiger partial charge in [-0.1, -0.05) is 25.1 Å². The molecular weight excluding hydrogens is 208 g/mol. The van der Waals surface area contributed by atoms with Crippen LogP contribution in [-0.4, -0.2) is 11.5 Å². The molecule has 2 aromatic rings. The Hall–Kier alpha value is -1.41. The molecule has 0 bridgehead atoms. The second-order valence-electron chi connectivity index (χ2n) is 5.10. The van der Waals surface area contributed by atoms with E-state index in [-0.39, 0.29) is 0 Å². The van der Waals surface area contributed by atoms with Crippen LogP contribution in [0.1, 0.15) is 31.4 Å². The van der Waals surface area contributed by atoms with E-state index in [4.69, 9.17) is 0 Å².